The first-order valence-electron chi connectivity index (χ1n) is 11.8. The van der Waals surface area contributed by atoms with Crippen molar-refractivity contribution in [2.45, 2.75) is 39.7 Å². The summed E-state index contributed by atoms with van der Waals surface area (Å²) in [5.41, 5.74) is 1.03. The highest BCUT2D eigenvalue weighted by Gasteiger charge is 2.45. The second kappa shape index (κ2) is 10.0. The lowest BCUT2D eigenvalue weighted by atomic mass is 9.98. The van der Waals surface area contributed by atoms with Crippen LogP contribution >= 0.6 is 27.3 Å². The Morgan fingerprint density at radius 1 is 1.06 bits per heavy atom. The van der Waals surface area contributed by atoms with Gasteiger partial charge in [0.2, 0.25) is 10.9 Å². The number of rotatable bonds is 8. The minimum absolute atomic E-state index is 0.0114. The molecule has 2 aromatic carbocycles. The van der Waals surface area contributed by atoms with Crippen LogP contribution in [0.1, 0.15) is 59.9 Å². The molecule has 36 heavy (non-hydrogen) atoms. The van der Waals surface area contributed by atoms with Crippen LogP contribution in [0.3, 0.4) is 0 Å². The van der Waals surface area contributed by atoms with E-state index in [2.05, 4.69) is 26.1 Å². The van der Waals surface area contributed by atoms with E-state index < -0.39 is 11.9 Å². The molecule has 0 aliphatic carbocycles. The monoisotopic (exact) mass is 569 g/mol. The average molecular weight is 570 g/mol. The summed E-state index contributed by atoms with van der Waals surface area (Å²) in [4.78, 5) is 29.0. The number of hydrogen-bond acceptors (Lipinski definition) is 8. The highest BCUT2D eigenvalue weighted by molar-refractivity contribution is 9.10. The Morgan fingerprint density at radius 2 is 1.89 bits per heavy atom. The zero-order valence-corrected chi connectivity index (χ0v) is 22.4. The number of hydrogen-bond donors (Lipinski definition) is 0. The third-order valence-corrected chi connectivity index (χ3v) is 7.40. The zero-order valence-electron chi connectivity index (χ0n) is 20.0. The Kier molecular flexibility index (Phi) is 6.81. The van der Waals surface area contributed by atoms with Crippen LogP contribution in [0, 0.1) is 0 Å². The Labute approximate surface area is 220 Å². The maximum atomic E-state index is 13.8. The second-order valence-corrected chi connectivity index (χ2v) is 10.2. The summed E-state index contributed by atoms with van der Waals surface area (Å²) in [5.74, 6) is 0.735. The van der Waals surface area contributed by atoms with Gasteiger partial charge in [-0.2, -0.15) is 0 Å². The van der Waals surface area contributed by atoms with E-state index in [1.165, 1.54) is 16.2 Å². The number of carbonyl (C=O) groups excluding carboxylic acids is 1. The van der Waals surface area contributed by atoms with Gasteiger partial charge in [-0.25, -0.2) is 0 Å². The van der Waals surface area contributed by atoms with Gasteiger partial charge < -0.3 is 13.9 Å². The second-order valence-electron chi connectivity index (χ2n) is 8.21. The van der Waals surface area contributed by atoms with Crippen molar-refractivity contribution in [3.63, 3.8) is 0 Å². The number of fused-ring (bicyclic) bond motifs is 2. The number of carbonyl (C=O) groups is 1. The van der Waals surface area contributed by atoms with E-state index in [9.17, 15) is 9.59 Å². The predicted octanol–water partition coefficient (Wildman–Crippen LogP) is 5.91. The van der Waals surface area contributed by atoms with Gasteiger partial charge in [-0.15, -0.1) is 10.2 Å². The fourth-order valence-electron chi connectivity index (χ4n) is 4.24. The highest BCUT2D eigenvalue weighted by Crippen LogP contribution is 2.44. The number of halogens is 1. The van der Waals surface area contributed by atoms with Gasteiger partial charge >= 0.3 is 0 Å². The number of aryl methyl sites for hydroxylation is 1. The fourth-order valence-corrected chi connectivity index (χ4v) is 5.40. The molecule has 5 rings (SSSR count). The largest absolute Gasteiger partial charge is 0.490 e. The quantitative estimate of drug-likeness (QED) is 0.260. The lowest BCUT2D eigenvalue weighted by Gasteiger charge is -2.23. The van der Waals surface area contributed by atoms with Crippen LogP contribution < -0.4 is 19.8 Å². The molecule has 10 heteroatoms. The molecule has 1 aliphatic heterocycles. The summed E-state index contributed by atoms with van der Waals surface area (Å²) < 4.78 is 18.5. The van der Waals surface area contributed by atoms with Crippen LogP contribution in [0.4, 0.5) is 5.13 Å². The standard InChI is InChI=1S/C26H24BrN3O5S/c1-4-11-34-18-9-7-14(12-19(18)33-6-3)22-21-23(31)16-13-15(27)8-10-17(16)35-24(21)25(32)30(22)26-29-28-20(5-2)36-26/h7-10,12-13,22H,4-6,11H2,1-3H3. The molecule has 0 radical (unpaired) electrons. The summed E-state index contributed by atoms with van der Waals surface area (Å²) in [6, 6.07) is 9.88. The van der Waals surface area contributed by atoms with E-state index in [0.29, 0.717) is 52.8 Å². The minimum Gasteiger partial charge on any atom is -0.490 e. The van der Waals surface area contributed by atoms with Crippen molar-refractivity contribution in [2.75, 3.05) is 18.1 Å². The van der Waals surface area contributed by atoms with Gasteiger partial charge in [0.1, 0.15) is 10.6 Å². The van der Waals surface area contributed by atoms with Gasteiger partial charge in [0.15, 0.2) is 16.9 Å². The predicted molar refractivity (Wildman–Crippen MR) is 142 cm³/mol. The Hall–Kier alpha value is -3.24. The third-order valence-electron chi connectivity index (χ3n) is 5.84. The first-order valence-corrected chi connectivity index (χ1v) is 13.4. The molecular formula is C26H24BrN3O5S. The van der Waals surface area contributed by atoms with Gasteiger partial charge in [0.25, 0.3) is 5.91 Å². The lowest BCUT2D eigenvalue weighted by Crippen LogP contribution is -2.29. The molecule has 1 atom stereocenters. The van der Waals surface area contributed by atoms with Gasteiger partial charge in [-0.3, -0.25) is 14.5 Å². The summed E-state index contributed by atoms with van der Waals surface area (Å²) in [6.07, 6.45) is 1.54. The molecule has 4 aromatic rings. The summed E-state index contributed by atoms with van der Waals surface area (Å²) >= 11 is 4.75. The first-order chi connectivity index (χ1) is 17.5. The molecule has 1 aliphatic rings. The number of ether oxygens (including phenoxy) is 2. The topological polar surface area (TPSA) is 94.8 Å². The number of amides is 1. The van der Waals surface area contributed by atoms with Crippen molar-refractivity contribution in [3.05, 3.63) is 73.0 Å². The van der Waals surface area contributed by atoms with Crippen molar-refractivity contribution in [3.8, 4) is 11.5 Å². The van der Waals surface area contributed by atoms with E-state index >= 15 is 0 Å². The molecule has 1 amide bonds. The smallest absolute Gasteiger partial charge is 0.297 e. The van der Waals surface area contributed by atoms with Crippen molar-refractivity contribution < 1.29 is 18.7 Å². The van der Waals surface area contributed by atoms with E-state index in [4.69, 9.17) is 13.9 Å². The molecule has 0 fully saturated rings. The molecule has 0 saturated carbocycles. The maximum absolute atomic E-state index is 13.8. The molecule has 3 heterocycles. The van der Waals surface area contributed by atoms with Crippen molar-refractivity contribution in [1.82, 2.24) is 10.2 Å². The van der Waals surface area contributed by atoms with E-state index in [-0.39, 0.29) is 16.8 Å². The van der Waals surface area contributed by atoms with Gasteiger partial charge in [0.05, 0.1) is 30.2 Å². The van der Waals surface area contributed by atoms with Crippen LogP contribution in [-0.4, -0.2) is 29.3 Å². The fraction of sp³-hybridized carbons (Fsp3) is 0.308. The van der Waals surface area contributed by atoms with Crippen LogP contribution in [0.5, 0.6) is 11.5 Å². The SMILES string of the molecule is CCCOc1ccc(C2c3c(oc4ccc(Br)cc4c3=O)C(=O)N2c2nnc(CC)s2)cc1OCC. The van der Waals surface area contributed by atoms with Crippen molar-refractivity contribution >= 4 is 49.3 Å². The van der Waals surface area contributed by atoms with E-state index in [1.54, 1.807) is 18.2 Å². The molecule has 0 bridgehead atoms. The highest BCUT2D eigenvalue weighted by atomic mass is 79.9. The minimum atomic E-state index is -0.760. The Balaban J connectivity index is 1.74. The molecular weight excluding hydrogens is 546 g/mol. The van der Waals surface area contributed by atoms with Gasteiger partial charge in [-0.05, 0) is 55.7 Å². The van der Waals surface area contributed by atoms with Crippen molar-refractivity contribution in [1.29, 1.82) is 0 Å². The van der Waals surface area contributed by atoms with Gasteiger partial charge in [0, 0.05) is 4.47 Å². The summed E-state index contributed by atoms with van der Waals surface area (Å²) in [5, 5.41) is 10.1. The molecule has 8 nitrogen and oxygen atoms in total. The van der Waals surface area contributed by atoms with Crippen LogP contribution in [0.15, 0.2) is 50.1 Å². The Bertz CT molecular complexity index is 1520. The third kappa shape index (κ3) is 4.18. The number of anilines is 1. The molecule has 1 unspecified atom stereocenters. The summed E-state index contributed by atoms with van der Waals surface area (Å²) in [6.45, 7) is 6.88. The van der Waals surface area contributed by atoms with E-state index in [0.717, 1.165) is 15.9 Å². The zero-order chi connectivity index (χ0) is 25.4. The van der Waals surface area contributed by atoms with Crippen molar-refractivity contribution in [2.24, 2.45) is 0 Å². The van der Waals surface area contributed by atoms with Crippen LogP contribution in [0.25, 0.3) is 11.0 Å². The van der Waals surface area contributed by atoms with E-state index in [1.807, 2.05) is 39.0 Å². The molecule has 186 valence electrons. The molecule has 2 aromatic heterocycles. The maximum Gasteiger partial charge on any atom is 0.297 e. The normalized spacial score (nSPS) is 14.9. The van der Waals surface area contributed by atoms with Crippen LogP contribution in [-0.2, 0) is 6.42 Å². The average Bonchev–Trinajstić information content (AvgIpc) is 3.46. The number of aromatic nitrogens is 2. The number of nitrogens with zero attached hydrogens (tertiary/aromatic N) is 3. The molecule has 0 N–H and O–H groups in total. The molecule has 0 spiro atoms. The lowest BCUT2D eigenvalue weighted by molar-refractivity contribution is 0.0970. The number of benzene rings is 2. The Morgan fingerprint density at radius 3 is 2.61 bits per heavy atom. The van der Waals surface area contributed by atoms with Crippen LogP contribution in [0.2, 0.25) is 0 Å². The van der Waals surface area contributed by atoms with Gasteiger partial charge in [-0.1, -0.05) is 47.2 Å². The summed E-state index contributed by atoms with van der Waals surface area (Å²) in [7, 11) is 0. The first kappa shape index (κ1) is 24.5. The molecule has 0 saturated heterocycles.